The first kappa shape index (κ1) is 17.7. The van der Waals surface area contributed by atoms with Crippen molar-refractivity contribution in [2.24, 2.45) is 5.10 Å². The van der Waals surface area contributed by atoms with Gasteiger partial charge in [0.15, 0.2) is 0 Å². The predicted molar refractivity (Wildman–Crippen MR) is 101 cm³/mol. The minimum Gasteiger partial charge on any atom is -0.342 e. The topological polar surface area (TPSA) is 44.7 Å². The van der Waals surface area contributed by atoms with Gasteiger partial charge in [0.2, 0.25) is 5.91 Å². The van der Waals surface area contributed by atoms with E-state index in [0.717, 1.165) is 41.1 Å². The Morgan fingerprint density at radius 2 is 2.00 bits per heavy atom. The zero-order valence-corrected chi connectivity index (χ0v) is 14.7. The molecule has 0 spiro atoms. The standard InChI is InChI=1S/C20H25N3O/c1-6-11-23(5)20(24)15(3)12-14(2)13-19-18-10-8-7-9-17(18)16(4)21-22-19/h7-10,12,21H,2,4,6,11,13H2,1,3,5H3/b15-12+. The quantitative estimate of drug-likeness (QED) is 0.640. The predicted octanol–water partition coefficient (Wildman–Crippen LogP) is 3.73. The lowest BCUT2D eigenvalue weighted by Gasteiger charge is -2.20. The number of amides is 1. The Morgan fingerprint density at radius 3 is 2.67 bits per heavy atom. The first-order valence-electron chi connectivity index (χ1n) is 8.16. The number of benzene rings is 1. The summed E-state index contributed by atoms with van der Waals surface area (Å²) >= 11 is 0. The molecule has 1 heterocycles. The van der Waals surface area contributed by atoms with Crippen molar-refractivity contribution >= 4 is 17.3 Å². The minimum atomic E-state index is 0.0375. The maximum Gasteiger partial charge on any atom is 0.249 e. The number of hydrazone groups is 1. The number of likely N-dealkylation sites (N-methyl/N-ethyl adjacent to an activating group) is 1. The summed E-state index contributed by atoms with van der Waals surface area (Å²) in [6.45, 7) is 12.7. The van der Waals surface area contributed by atoms with Crippen molar-refractivity contribution in [3.05, 3.63) is 65.8 Å². The minimum absolute atomic E-state index is 0.0375. The summed E-state index contributed by atoms with van der Waals surface area (Å²) in [7, 11) is 1.82. The second kappa shape index (κ2) is 7.77. The number of rotatable bonds is 6. The molecule has 0 saturated carbocycles. The second-order valence-electron chi connectivity index (χ2n) is 6.08. The molecule has 1 N–H and O–H groups in total. The number of hydrogen-bond donors (Lipinski definition) is 1. The van der Waals surface area contributed by atoms with Crippen LogP contribution in [0.2, 0.25) is 0 Å². The van der Waals surface area contributed by atoms with E-state index in [1.54, 1.807) is 4.90 Å². The summed E-state index contributed by atoms with van der Waals surface area (Å²) in [6, 6.07) is 8.02. The Morgan fingerprint density at radius 1 is 1.33 bits per heavy atom. The first-order valence-corrected chi connectivity index (χ1v) is 8.16. The molecular weight excluding hydrogens is 298 g/mol. The zero-order chi connectivity index (χ0) is 17.7. The van der Waals surface area contributed by atoms with E-state index >= 15 is 0 Å². The highest BCUT2D eigenvalue weighted by atomic mass is 16.2. The van der Waals surface area contributed by atoms with Crippen LogP contribution in [0.1, 0.15) is 37.8 Å². The highest BCUT2D eigenvalue weighted by molar-refractivity contribution is 6.07. The maximum absolute atomic E-state index is 12.3. The van der Waals surface area contributed by atoms with Crippen molar-refractivity contribution in [2.75, 3.05) is 13.6 Å². The lowest BCUT2D eigenvalue weighted by atomic mass is 9.95. The van der Waals surface area contributed by atoms with Crippen LogP contribution >= 0.6 is 0 Å². The Hall–Kier alpha value is -2.62. The Labute approximate surface area is 144 Å². The molecule has 1 aliphatic rings. The average Bonchev–Trinajstić information content (AvgIpc) is 2.57. The van der Waals surface area contributed by atoms with Gasteiger partial charge in [-0.2, -0.15) is 5.10 Å². The van der Waals surface area contributed by atoms with Gasteiger partial charge in [0.1, 0.15) is 0 Å². The van der Waals surface area contributed by atoms with Crippen LogP contribution in [0.4, 0.5) is 0 Å². The fourth-order valence-electron chi connectivity index (χ4n) is 2.76. The average molecular weight is 323 g/mol. The van der Waals surface area contributed by atoms with E-state index in [2.05, 4.69) is 30.6 Å². The van der Waals surface area contributed by atoms with E-state index in [1.165, 1.54) is 0 Å². The molecule has 0 aromatic heterocycles. The SMILES string of the molecule is C=C(/C=C(\C)C(=O)N(C)CCC)CC1=NNC(=C)c2ccccc21. The molecule has 4 nitrogen and oxygen atoms in total. The van der Waals surface area contributed by atoms with Crippen molar-refractivity contribution < 1.29 is 4.79 Å². The monoisotopic (exact) mass is 323 g/mol. The van der Waals surface area contributed by atoms with Gasteiger partial charge in [-0.25, -0.2) is 0 Å². The molecule has 2 rings (SSSR count). The maximum atomic E-state index is 12.3. The van der Waals surface area contributed by atoms with E-state index < -0.39 is 0 Å². The molecule has 0 saturated heterocycles. The van der Waals surface area contributed by atoms with Crippen LogP contribution in [0.3, 0.4) is 0 Å². The molecular formula is C20H25N3O. The molecule has 0 bridgehead atoms. The number of fused-ring (bicyclic) bond motifs is 1. The Bertz CT molecular complexity index is 728. The normalized spacial score (nSPS) is 13.7. The largest absolute Gasteiger partial charge is 0.342 e. The van der Waals surface area contributed by atoms with Gasteiger partial charge < -0.3 is 4.90 Å². The number of carbonyl (C=O) groups excluding carboxylic acids is 1. The third-order valence-electron chi connectivity index (χ3n) is 3.95. The summed E-state index contributed by atoms with van der Waals surface area (Å²) in [5.74, 6) is 0.0375. The number of hydrogen-bond acceptors (Lipinski definition) is 3. The Balaban J connectivity index is 2.12. The molecule has 1 aromatic rings. The molecule has 1 aliphatic heterocycles. The van der Waals surface area contributed by atoms with Gasteiger partial charge in [-0.3, -0.25) is 10.2 Å². The number of nitrogens with one attached hydrogen (secondary N) is 1. The van der Waals surface area contributed by atoms with E-state index in [9.17, 15) is 4.79 Å². The van der Waals surface area contributed by atoms with E-state index in [4.69, 9.17) is 0 Å². The van der Waals surface area contributed by atoms with Gasteiger partial charge in [0.25, 0.3) is 0 Å². The summed E-state index contributed by atoms with van der Waals surface area (Å²) in [5, 5.41) is 4.39. The second-order valence-corrected chi connectivity index (χ2v) is 6.08. The molecule has 1 aromatic carbocycles. The van der Waals surface area contributed by atoms with Gasteiger partial charge in [-0.15, -0.1) is 0 Å². The van der Waals surface area contributed by atoms with Crippen molar-refractivity contribution in [1.82, 2.24) is 10.3 Å². The summed E-state index contributed by atoms with van der Waals surface area (Å²) in [4.78, 5) is 14.0. The molecule has 24 heavy (non-hydrogen) atoms. The molecule has 1 amide bonds. The van der Waals surface area contributed by atoms with E-state index in [0.29, 0.717) is 12.0 Å². The van der Waals surface area contributed by atoms with Crippen molar-refractivity contribution in [2.45, 2.75) is 26.7 Å². The molecule has 0 atom stereocenters. The number of allylic oxidation sites excluding steroid dienone is 2. The van der Waals surface area contributed by atoms with Gasteiger partial charge in [-0.1, -0.05) is 50.4 Å². The van der Waals surface area contributed by atoms with Crippen LogP contribution in [-0.4, -0.2) is 30.1 Å². The number of nitrogens with zero attached hydrogens (tertiary/aromatic N) is 2. The Kier molecular flexibility index (Phi) is 5.74. The molecule has 126 valence electrons. The van der Waals surface area contributed by atoms with Gasteiger partial charge >= 0.3 is 0 Å². The molecule has 0 fully saturated rings. The molecule has 0 radical (unpaired) electrons. The highest BCUT2D eigenvalue weighted by Gasteiger charge is 2.17. The van der Waals surface area contributed by atoms with Crippen molar-refractivity contribution in [3.8, 4) is 0 Å². The zero-order valence-electron chi connectivity index (χ0n) is 14.7. The molecule has 0 unspecified atom stereocenters. The van der Waals surface area contributed by atoms with E-state index in [-0.39, 0.29) is 5.91 Å². The van der Waals surface area contributed by atoms with Crippen LogP contribution in [-0.2, 0) is 4.79 Å². The summed E-state index contributed by atoms with van der Waals surface area (Å²) < 4.78 is 0. The van der Waals surface area contributed by atoms with Crippen LogP contribution in [0, 0.1) is 0 Å². The fraction of sp³-hybridized carbons (Fsp3) is 0.300. The summed E-state index contributed by atoms with van der Waals surface area (Å²) in [6.07, 6.45) is 3.38. The van der Waals surface area contributed by atoms with Crippen LogP contribution in [0.5, 0.6) is 0 Å². The number of carbonyl (C=O) groups is 1. The molecule has 4 heteroatoms. The van der Waals surface area contributed by atoms with E-state index in [1.807, 2.05) is 44.3 Å². The molecule has 0 aliphatic carbocycles. The third-order valence-corrected chi connectivity index (χ3v) is 3.95. The van der Waals surface area contributed by atoms with Crippen LogP contribution < -0.4 is 5.43 Å². The highest BCUT2D eigenvalue weighted by Crippen LogP contribution is 2.23. The first-order chi connectivity index (χ1) is 11.4. The van der Waals surface area contributed by atoms with Crippen molar-refractivity contribution in [1.29, 1.82) is 0 Å². The summed E-state index contributed by atoms with van der Waals surface area (Å²) in [5.41, 5.74) is 8.32. The van der Waals surface area contributed by atoms with Gasteiger partial charge in [-0.05, 0) is 18.9 Å². The van der Waals surface area contributed by atoms with Crippen LogP contribution in [0.25, 0.3) is 5.70 Å². The third kappa shape index (κ3) is 4.02. The van der Waals surface area contributed by atoms with Crippen molar-refractivity contribution in [3.63, 3.8) is 0 Å². The lowest BCUT2D eigenvalue weighted by molar-refractivity contribution is -0.125. The lowest BCUT2D eigenvalue weighted by Crippen LogP contribution is -2.28. The van der Waals surface area contributed by atoms with Gasteiger partial charge in [0, 0.05) is 36.7 Å². The smallest absolute Gasteiger partial charge is 0.249 e. The van der Waals surface area contributed by atoms with Crippen LogP contribution in [0.15, 0.2) is 59.7 Å². The fourth-order valence-corrected chi connectivity index (χ4v) is 2.76. The van der Waals surface area contributed by atoms with Gasteiger partial charge in [0.05, 0.1) is 11.4 Å².